The zero-order valence-corrected chi connectivity index (χ0v) is 20.5. The Balaban J connectivity index is 1.57. The number of carbonyl (C=O) groups excluding carboxylic acids is 1. The molecule has 1 aromatic heterocycles. The molecule has 1 spiro atoms. The van der Waals surface area contributed by atoms with Gasteiger partial charge in [-0.15, -0.1) is 0 Å². The molecule has 2 aliphatic carbocycles. The molecule has 4 nitrogen and oxygen atoms in total. The second-order valence-electron chi connectivity index (χ2n) is 8.71. The number of aromatic nitrogens is 2. The molecule has 0 bridgehead atoms. The maximum Gasteiger partial charge on any atom is 0.258 e. The van der Waals surface area contributed by atoms with Gasteiger partial charge in [0.05, 0.1) is 17.0 Å². The number of thioether (sulfide) groups is 1. The average Bonchev–Trinajstić information content (AvgIpc) is 3.26. The summed E-state index contributed by atoms with van der Waals surface area (Å²) >= 11 is 4.77. The zero-order chi connectivity index (χ0) is 22.3. The minimum Gasteiger partial charge on any atom is -0.293 e. The van der Waals surface area contributed by atoms with E-state index in [4.69, 9.17) is 4.98 Å². The fourth-order valence-corrected chi connectivity index (χ4v) is 6.50. The van der Waals surface area contributed by atoms with Crippen LogP contribution in [0.5, 0.6) is 0 Å². The number of fused-ring (bicyclic) bond motifs is 4. The van der Waals surface area contributed by atoms with Gasteiger partial charge in [-0.05, 0) is 43.9 Å². The van der Waals surface area contributed by atoms with Crippen LogP contribution in [0.3, 0.4) is 0 Å². The van der Waals surface area contributed by atoms with Gasteiger partial charge in [-0.1, -0.05) is 76.9 Å². The molecule has 2 aromatic carbocycles. The van der Waals surface area contributed by atoms with E-state index in [1.807, 2.05) is 37.3 Å². The quantitative estimate of drug-likeness (QED) is 0.239. The summed E-state index contributed by atoms with van der Waals surface area (Å²) in [6, 6.07) is 15.7. The van der Waals surface area contributed by atoms with Crippen molar-refractivity contribution in [3.05, 3.63) is 80.0 Å². The second-order valence-corrected chi connectivity index (χ2v) is 10.6. The van der Waals surface area contributed by atoms with E-state index in [-0.39, 0.29) is 22.5 Å². The van der Waals surface area contributed by atoms with Crippen molar-refractivity contribution in [2.24, 2.45) is 0 Å². The topological polar surface area (TPSA) is 52.0 Å². The minimum atomic E-state index is -0.0961. The lowest BCUT2D eigenvalue weighted by molar-refractivity contribution is 0.102. The van der Waals surface area contributed by atoms with Gasteiger partial charge in [-0.2, -0.15) is 0 Å². The van der Waals surface area contributed by atoms with E-state index in [2.05, 4.69) is 34.1 Å². The molecule has 0 aliphatic heterocycles. The van der Waals surface area contributed by atoms with Gasteiger partial charge in [0.1, 0.15) is 0 Å². The molecular formula is C26H25BrN2O2S. The Bertz CT molecular complexity index is 1240. The molecule has 1 saturated carbocycles. The first kappa shape index (κ1) is 21.7. The van der Waals surface area contributed by atoms with E-state index in [0.717, 1.165) is 53.4 Å². The number of hydrogen-bond acceptors (Lipinski definition) is 4. The monoisotopic (exact) mass is 508 g/mol. The standard InChI is InChI=1S/C26H25BrN2O2S/c1-2-29-24(31)22-23(20-8-4-3-7-18(20)15-26(22)13-5-6-14-26)28-25(29)32-16-21(30)17-9-11-19(27)12-10-17/h3-4,7-12H,2,5-6,13-16H2,1H3. The average molecular weight is 509 g/mol. The van der Waals surface area contributed by atoms with E-state index in [0.29, 0.717) is 17.3 Å². The van der Waals surface area contributed by atoms with Crippen LogP contribution in [0.2, 0.25) is 0 Å². The van der Waals surface area contributed by atoms with Crippen molar-refractivity contribution in [2.75, 3.05) is 5.75 Å². The number of hydrogen-bond donors (Lipinski definition) is 0. The summed E-state index contributed by atoms with van der Waals surface area (Å²) < 4.78 is 2.71. The lowest BCUT2D eigenvalue weighted by Crippen LogP contribution is -2.40. The van der Waals surface area contributed by atoms with Crippen LogP contribution in [0.25, 0.3) is 11.3 Å². The van der Waals surface area contributed by atoms with Crippen molar-refractivity contribution >= 4 is 33.5 Å². The number of ketones is 1. The summed E-state index contributed by atoms with van der Waals surface area (Å²) in [5.74, 6) is 0.282. The first-order valence-electron chi connectivity index (χ1n) is 11.2. The lowest BCUT2D eigenvalue weighted by Gasteiger charge is -2.36. The zero-order valence-electron chi connectivity index (χ0n) is 18.1. The van der Waals surface area contributed by atoms with Crippen LogP contribution in [0, 0.1) is 0 Å². The second kappa shape index (κ2) is 8.64. The molecule has 164 valence electrons. The van der Waals surface area contributed by atoms with Gasteiger partial charge in [0.2, 0.25) is 0 Å². The Morgan fingerprint density at radius 1 is 1.12 bits per heavy atom. The normalized spacial score (nSPS) is 16.1. The lowest BCUT2D eigenvalue weighted by atomic mass is 9.68. The maximum atomic E-state index is 13.8. The highest BCUT2D eigenvalue weighted by Gasteiger charge is 2.44. The van der Waals surface area contributed by atoms with Gasteiger partial charge in [0.25, 0.3) is 5.56 Å². The Labute approximate surface area is 200 Å². The molecule has 1 fully saturated rings. The number of nitrogens with zero attached hydrogens (tertiary/aromatic N) is 2. The van der Waals surface area contributed by atoms with E-state index < -0.39 is 0 Å². The smallest absolute Gasteiger partial charge is 0.258 e. The molecule has 0 N–H and O–H groups in total. The van der Waals surface area contributed by atoms with Gasteiger partial charge in [0.15, 0.2) is 10.9 Å². The molecular weight excluding hydrogens is 484 g/mol. The van der Waals surface area contributed by atoms with E-state index in [1.165, 1.54) is 17.3 Å². The van der Waals surface area contributed by atoms with Gasteiger partial charge in [0, 0.05) is 27.6 Å². The predicted octanol–water partition coefficient (Wildman–Crippen LogP) is 6.04. The largest absolute Gasteiger partial charge is 0.293 e. The molecule has 0 amide bonds. The minimum absolute atomic E-state index is 0.0322. The van der Waals surface area contributed by atoms with Gasteiger partial charge in [-0.25, -0.2) is 4.98 Å². The third-order valence-electron chi connectivity index (χ3n) is 6.84. The highest BCUT2D eigenvalue weighted by atomic mass is 79.9. The number of carbonyl (C=O) groups is 1. The van der Waals surface area contributed by atoms with Crippen LogP contribution in [0.4, 0.5) is 0 Å². The van der Waals surface area contributed by atoms with Crippen LogP contribution < -0.4 is 5.56 Å². The summed E-state index contributed by atoms with van der Waals surface area (Å²) in [6.45, 7) is 2.53. The molecule has 0 atom stereocenters. The molecule has 1 heterocycles. The summed E-state index contributed by atoms with van der Waals surface area (Å²) in [4.78, 5) is 31.6. The summed E-state index contributed by atoms with van der Waals surface area (Å²) in [7, 11) is 0. The third kappa shape index (κ3) is 3.67. The number of benzene rings is 2. The van der Waals surface area contributed by atoms with Crippen molar-refractivity contribution < 1.29 is 4.79 Å². The van der Waals surface area contributed by atoms with Crippen molar-refractivity contribution in [1.29, 1.82) is 0 Å². The van der Waals surface area contributed by atoms with Gasteiger partial charge < -0.3 is 0 Å². The fourth-order valence-electron chi connectivity index (χ4n) is 5.28. The SMILES string of the molecule is CCn1c(SCC(=O)c2ccc(Br)cc2)nc2c(c1=O)C1(CCCC1)Cc1ccccc1-2. The Morgan fingerprint density at radius 2 is 1.84 bits per heavy atom. The highest BCUT2D eigenvalue weighted by molar-refractivity contribution is 9.10. The first-order valence-corrected chi connectivity index (χ1v) is 13.0. The summed E-state index contributed by atoms with van der Waals surface area (Å²) in [6.07, 6.45) is 5.33. The fraction of sp³-hybridized carbons (Fsp3) is 0.346. The van der Waals surface area contributed by atoms with Crippen LogP contribution in [0.15, 0.2) is 63.0 Å². The van der Waals surface area contributed by atoms with Crippen molar-refractivity contribution in [1.82, 2.24) is 9.55 Å². The predicted molar refractivity (Wildman–Crippen MR) is 133 cm³/mol. The molecule has 6 heteroatoms. The van der Waals surface area contributed by atoms with E-state index >= 15 is 0 Å². The van der Waals surface area contributed by atoms with Crippen molar-refractivity contribution in [3.63, 3.8) is 0 Å². The van der Waals surface area contributed by atoms with Crippen molar-refractivity contribution in [3.8, 4) is 11.3 Å². The first-order chi connectivity index (χ1) is 15.5. The third-order valence-corrected chi connectivity index (χ3v) is 8.35. The summed E-state index contributed by atoms with van der Waals surface area (Å²) in [5.41, 5.74) is 4.74. The van der Waals surface area contributed by atoms with Gasteiger partial charge >= 0.3 is 0 Å². The van der Waals surface area contributed by atoms with E-state index in [9.17, 15) is 9.59 Å². The Kier molecular flexibility index (Phi) is 5.84. The van der Waals surface area contributed by atoms with Crippen LogP contribution in [-0.2, 0) is 18.4 Å². The molecule has 0 saturated heterocycles. The van der Waals surface area contributed by atoms with Crippen LogP contribution >= 0.6 is 27.7 Å². The van der Waals surface area contributed by atoms with Gasteiger partial charge in [-0.3, -0.25) is 14.2 Å². The highest BCUT2D eigenvalue weighted by Crippen LogP contribution is 2.49. The van der Waals surface area contributed by atoms with Crippen LogP contribution in [0.1, 0.15) is 54.1 Å². The Hall–Kier alpha value is -2.18. The van der Waals surface area contributed by atoms with Crippen LogP contribution in [-0.4, -0.2) is 21.1 Å². The van der Waals surface area contributed by atoms with E-state index in [1.54, 1.807) is 4.57 Å². The molecule has 0 unspecified atom stereocenters. The number of Topliss-reactive ketones (excluding diaryl/α,β-unsaturated/α-hetero) is 1. The molecule has 3 aromatic rings. The summed E-state index contributed by atoms with van der Waals surface area (Å²) in [5, 5.41) is 0.631. The number of halogens is 1. The molecule has 2 aliphatic rings. The Morgan fingerprint density at radius 3 is 2.56 bits per heavy atom. The maximum absolute atomic E-state index is 13.8. The molecule has 0 radical (unpaired) electrons. The number of rotatable bonds is 5. The molecule has 5 rings (SSSR count). The molecule has 32 heavy (non-hydrogen) atoms. The van der Waals surface area contributed by atoms with Crippen molar-refractivity contribution in [2.45, 2.75) is 56.1 Å².